The molecule has 0 spiro atoms. The number of imidazole rings is 1. The molecular weight excluding hydrogens is 228 g/mol. The van der Waals surface area contributed by atoms with Crippen LogP contribution in [0.3, 0.4) is 0 Å². The van der Waals surface area contributed by atoms with Crippen molar-refractivity contribution in [3.63, 3.8) is 0 Å². The van der Waals surface area contributed by atoms with Gasteiger partial charge in [0.25, 0.3) is 5.56 Å². The number of methoxy groups -OCH3 is 1. The second-order valence-corrected chi connectivity index (χ2v) is 3.28. The zero-order valence-electron chi connectivity index (χ0n) is 9.23. The molecule has 0 aliphatic carbocycles. The molecule has 0 aliphatic heterocycles. The Morgan fingerprint density at radius 1 is 1.41 bits per heavy atom. The molecule has 0 fully saturated rings. The standard InChI is InChI=1S/C9H10N4O4/c1-3-13-6-4(7(14)12-9(13)16)10-5(11-6)8(15)17-2/h3H2,1-2H3,(H,10,11)(H,12,14,16). The van der Waals surface area contributed by atoms with Gasteiger partial charge in [-0.15, -0.1) is 0 Å². The topological polar surface area (TPSA) is 110 Å². The van der Waals surface area contributed by atoms with Crippen LogP contribution in [-0.2, 0) is 11.3 Å². The van der Waals surface area contributed by atoms with Crippen LogP contribution >= 0.6 is 0 Å². The van der Waals surface area contributed by atoms with Crippen LogP contribution < -0.4 is 11.2 Å². The van der Waals surface area contributed by atoms with E-state index in [0.717, 1.165) is 0 Å². The number of hydrogen-bond acceptors (Lipinski definition) is 5. The first-order valence-corrected chi connectivity index (χ1v) is 4.89. The third-order valence-electron chi connectivity index (χ3n) is 2.33. The fraction of sp³-hybridized carbons (Fsp3) is 0.333. The highest BCUT2D eigenvalue weighted by Crippen LogP contribution is 2.05. The van der Waals surface area contributed by atoms with E-state index in [1.807, 2.05) is 0 Å². The summed E-state index contributed by atoms with van der Waals surface area (Å²) in [5.74, 6) is -0.809. The molecule has 2 rings (SSSR count). The molecule has 2 aromatic heterocycles. The first kappa shape index (κ1) is 11.1. The normalized spacial score (nSPS) is 10.7. The molecule has 0 radical (unpaired) electrons. The number of fused-ring (bicyclic) bond motifs is 1. The van der Waals surface area contributed by atoms with Crippen LogP contribution in [0.4, 0.5) is 0 Å². The van der Waals surface area contributed by atoms with E-state index in [9.17, 15) is 14.4 Å². The highest BCUT2D eigenvalue weighted by atomic mass is 16.5. The molecule has 2 heterocycles. The van der Waals surface area contributed by atoms with Gasteiger partial charge in [0.2, 0.25) is 5.82 Å². The van der Waals surface area contributed by atoms with Crippen molar-refractivity contribution in [3.8, 4) is 0 Å². The first-order chi connectivity index (χ1) is 8.08. The number of nitrogens with one attached hydrogen (secondary N) is 2. The van der Waals surface area contributed by atoms with Gasteiger partial charge in [-0.2, -0.15) is 0 Å². The van der Waals surface area contributed by atoms with Gasteiger partial charge in [0, 0.05) is 6.54 Å². The Bertz CT molecular complexity index is 693. The van der Waals surface area contributed by atoms with Crippen molar-refractivity contribution in [1.29, 1.82) is 0 Å². The minimum absolute atomic E-state index is 0.0758. The molecule has 8 nitrogen and oxygen atoms in total. The van der Waals surface area contributed by atoms with E-state index in [4.69, 9.17) is 0 Å². The summed E-state index contributed by atoms with van der Waals surface area (Å²) in [4.78, 5) is 42.8. The summed E-state index contributed by atoms with van der Waals surface area (Å²) in [6.45, 7) is 2.06. The van der Waals surface area contributed by atoms with Crippen LogP contribution in [0.5, 0.6) is 0 Å². The van der Waals surface area contributed by atoms with Crippen molar-refractivity contribution in [3.05, 3.63) is 26.7 Å². The van der Waals surface area contributed by atoms with Gasteiger partial charge in [0.1, 0.15) is 5.52 Å². The molecule has 0 saturated heterocycles. The summed E-state index contributed by atoms with van der Waals surface area (Å²) in [7, 11) is 1.20. The van der Waals surface area contributed by atoms with Crippen LogP contribution in [-0.4, -0.2) is 32.6 Å². The fourth-order valence-electron chi connectivity index (χ4n) is 1.53. The molecular formula is C9H10N4O4. The second kappa shape index (κ2) is 3.89. The number of carbonyl (C=O) groups is 1. The highest BCUT2D eigenvalue weighted by molar-refractivity contribution is 5.89. The van der Waals surface area contributed by atoms with Gasteiger partial charge < -0.3 is 9.72 Å². The lowest BCUT2D eigenvalue weighted by Crippen LogP contribution is -2.29. The van der Waals surface area contributed by atoms with Gasteiger partial charge >= 0.3 is 11.7 Å². The van der Waals surface area contributed by atoms with Crippen molar-refractivity contribution >= 4 is 17.1 Å². The molecule has 0 atom stereocenters. The van der Waals surface area contributed by atoms with E-state index in [-0.39, 0.29) is 17.0 Å². The van der Waals surface area contributed by atoms with Crippen molar-refractivity contribution < 1.29 is 9.53 Å². The molecule has 2 aromatic rings. The van der Waals surface area contributed by atoms with Crippen molar-refractivity contribution in [2.45, 2.75) is 13.5 Å². The van der Waals surface area contributed by atoms with E-state index in [1.54, 1.807) is 6.92 Å². The summed E-state index contributed by atoms with van der Waals surface area (Å²) in [5.41, 5.74) is -0.959. The fourth-order valence-corrected chi connectivity index (χ4v) is 1.53. The number of hydrogen-bond donors (Lipinski definition) is 2. The van der Waals surface area contributed by atoms with E-state index < -0.39 is 17.2 Å². The van der Waals surface area contributed by atoms with Gasteiger partial charge in [0.05, 0.1) is 7.11 Å². The predicted octanol–water partition coefficient (Wildman–Crippen LogP) is -0.781. The number of aromatic amines is 2. The van der Waals surface area contributed by atoms with Gasteiger partial charge in [-0.3, -0.25) is 14.3 Å². The van der Waals surface area contributed by atoms with Crippen LogP contribution in [0.2, 0.25) is 0 Å². The lowest BCUT2D eigenvalue weighted by Gasteiger charge is -1.99. The Morgan fingerprint density at radius 3 is 2.71 bits per heavy atom. The third-order valence-corrected chi connectivity index (χ3v) is 2.33. The number of nitrogens with zero attached hydrogens (tertiary/aromatic N) is 2. The summed E-state index contributed by atoms with van der Waals surface area (Å²) in [5, 5.41) is 0. The van der Waals surface area contributed by atoms with Crippen molar-refractivity contribution in [2.24, 2.45) is 0 Å². The van der Waals surface area contributed by atoms with Crippen LogP contribution in [0, 0.1) is 0 Å². The average molecular weight is 238 g/mol. The summed E-state index contributed by atoms with van der Waals surface area (Å²) in [6, 6.07) is 0. The molecule has 17 heavy (non-hydrogen) atoms. The van der Waals surface area contributed by atoms with Gasteiger partial charge in [-0.05, 0) is 6.92 Å². The Hall–Kier alpha value is -2.38. The lowest BCUT2D eigenvalue weighted by molar-refractivity contribution is 0.0588. The number of esters is 1. The number of aryl methyl sites for hydroxylation is 1. The lowest BCUT2D eigenvalue weighted by atomic mass is 10.5. The average Bonchev–Trinajstić information content (AvgIpc) is 2.73. The van der Waals surface area contributed by atoms with Crippen LogP contribution in [0.15, 0.2) is 9.59 Å². The van der Waals surface area contributed by atoms with Crippen molar-refractivity contribution in [2.75, 3.05) is 7.11 Å². The maximum absolute atomic E-state index is 11.5. The minimum atomic E-state index is -0.698. The molecule has 0 aliphatic rings. The molecule has 0 aromatic carbocycles. The molecule has 0 unspecified atom stereocenters. The number of aromatic nitrogens is 4. The summed E-state index contributed by atoms with van der Waals surface area (Å²) < 4.78 is 5.73. The third kappa shape index (κ3) is 1.63. The number of H-pyrrole nitrogens is 2. The van der Waals surface area contributed by atoms with E-state index in [1.165, 1.54) is 11.7 Å². The largest absolute Gasteiger partial charge is 0.463 e. The Labute approximate surface area is 94.2 Å². The number of ether oxygens (including phenoxy) is 1. The highest BCUT2D eigenvalue weighted by Gasteiger charge is 2.16. The van der Waals surface area contributed by atoms with Crippen molar-refractivity contribution in [1.82, 2.24) is 19.5 Å². The maximum atomic E-state index is 11.5. The Balaban J connectivity index is 2.84. The zero-order chi connectivity index (χ0) is 12.6. The summed E-state index contributed by atoms with van der Waals surface area (Å²) >= 11 is 0. The number of carbonyl (C=O) groups excluding carboxylic acids is 1. The molecule has 0 saturated carbocycles. The Kier molecular flexibility index (Phi) is 2.54. The van der Waals surface area contributed by atoms with Crippen LogP contribution in [0.25, 0.3) is 11.2 Å². The quantitative estimate of drug-likeness (QED) is 0.667. The smallest absolute Gasteiger partial charge is 0.374 e. The predicted molar refractivity (Wildman–Crippen MR) is 58.0 cm³/mol. The Morgan fingerprint density at radius 2 is 2.12 bits per heavy atom. The second-order valence-electron chi connectivity index (χ2n) is 3.28. The van der Waals surface area contributed by atoms with E-state index in [2.05, 4.69) is 19.7 Å². The van der Waals surface area contributed by atoms with Gasteiger partial charge in [-0.25, -0.2) is 14.6 Å². The molecule has 8 heteroatoms. The minimum Gasteiger partial charge on any atom is -0.463 e. The monoisotopic (exact) mass is 238 g/mol. The molecule has 2 N–H and O–H groups in total. The SMILES string of the molecule is CCn1c(=O)[nH]c(=O)c2[nH]c(C(=O)OC)nc21. The first-order valence-electron chi connectivity index (χ1n) is 4.89. The zero-order valence-corrected chi connectivity index (χ0v) is 9.23. The number of rotatable bonds is 2. The van der Waals surface area contributed by atoms with E-state index >= 15 is 0 Å². The van der Waals surface area contributed by atoms with Gasteiger partial charge in [-0.1, -0.05) is 0 Å². The molecule has 0 amide bonds. The molecule has 0 bridgehead atoms. The maximum Gasteiger partial charge on any atom is 0.374 e. The summed E-state index contributed by atoms with van der Waals surface area (Å²) in [6.07, 6.45) is 0. The van der Waals surface area contributed by atoms with Crippen LogP contribution in [0.1, 0.15) is 17.5 Å². The van der Waals surface area contributed by atoms with Gasteiger partial charge in [0.15, 0.2) is 5.65 Å². The molecule has 90 valence electrons. The van der Waals surface area contributed by atoms with E-state index in [0.29, 0.717) is 6.54 Å².